The zero-order valence-electron chi connectivity index (χ0n) is 22.0. The first kappa shape index (κ1) is 32.8. The maximum absolute atomic E-state index is 2.34. The molecule has 0 aromatic carbocycles. The predicted molar refractivity (Wildman–Crippen MR) is 146 cm³/mol. The van der Waals surface area contributed by atoms with Crippen LogP contribution in [0.4, 0.5) is 0 Å². The van der Waals surface area contributed by atoms with E-state index in [0.29, 0.717) is 0 Å². The van der Waals surface area contributed by atoms with Crippen molar-refractivity contribution in [3.05, 3.63) is 0 Å². The van der Waals surface area contributed by atoms with Gasteiger partial charge in [-0.2, -0.15) is 0 Å². The summed E-state index contributed by atoms with van der Waals surface area (Å²) in [5, 5.41) is 0. The van der Waals surface area contributed by atoms with Crippen molar-refractivity contribution in [2.45, 2.75) is 164 Å². The average molecular weight is 624 g/mol. The molecule has 178 valence electrons. The number of rotatable bonds is 21. The van der Waals surface area contributed by atoms with Gasteiger partial charge in [0.2, 0.25) is 0 Å². The molecule has 0 saturated heterocycles. The summed E-state index contributed by atoms with van der Waals surface area (Å²) < 4.78 is 10.2. The second-order valence-corrected chi connectivity index (χ2v) is 29.4. The van der Waals surface area contributed by atoms with Crippen LogP contribution in [0.25, 0.3) is 0 Å². The molecule has 0 atom stereocenters. The minimum atomic E-state index is -1.03. The molecule has 0 spiro atoms. The van der Waals surface area contributed by atoms with Gasteiger partial charge in [0, 0.05) is 0 Å². The molecule has 0 aromatic rings. The molecule has 0 radical (unpaired) electrons. The van der Waals surface area contributed by atoms with Crippen LogP contribution >= 0.6 is 0 Å². The molecule has 0 nitrogen and oxygen atoms in total. The molecule has 0 aliphatic rings. The van der Waals surface area contributed by atoms with Gasteiger partial charge in [0.1, 0.15) is 0 Å². The molecule has 2 heteroatoms. The van der Waals surface area contributed by atoms with Crippen LogP contribution in [0.15, 0.2) is 0 Å². The monoisotopic (exact) mass is 626 g/mol. The second kappa shape index (κ2) is 29.6. The Kier molecular flexibility index (Phi) is 33.4. The van der Waals surface area contributed by atoms with Gasteiger partial charge in [-0.05, 0) is 0 Å². The van der Waals surface area contributed by atoms with Crippen molar-refractivity contribution in [2.75, 3.05) is 0 Å². The number of unbranched alkanes of at least 4 members (excludes halogenated alkanes) is 9. The van der Waals surface area contributed by atoms with Crippen molar-refractivity contribution in [3.8, 4) is 0 Å². The van der Waals surface area contributed by atoms with Gasteiger partial charge in [-0.1, -0.05) is 0 Å². The Morgan fingerprint density at radius 2 is 0.483 bits per heavy atom. The van der Waals surface area contributed by atoms with Gasteiger partial charge in [0.15, 0.2) is 0 Å². The van der Waals surface area contributed by atoms with Gasteiger partial charge in [-0.25, -0.2) is 0 Å². The average Bonchev–Trinajstić information content (AvgIpc) is 2.74. The van der Waals surface area contributed by atoms with Gasteiger partial charge >= 0.3 is 204 Å². The van der Waals surface area contributed by atoms with Crippen LogP contribution in [0.5, 0.6) is 0 Å². The van der Waals surface area contributed by atoms with E-state index in [1.807, 2.05) is 0 Å². The fourth-order valence-corrected chi connectivity index (χ4v) is 25.2. The Balaban J connectivity index is 0. The van der Waals surface area contributed by atoms with E-state index in [1.165, 1.54) is 77.0 Å². The molecule has 0 N–H and O–H groups in total. The van der Waals surface area contributed by atoms with Crippen LogP contribution in [0, 0.1) is 0 Å². The quantitative estimate of drug-likeness (QED) is 0.0881. The Bertz CT molecular complexity index is 224. The molecular weight excluding hydrogens is 562 g/mol. The van der Waals surface area contributed by atoms with Crippen molar-refractivity contribution in [1.29, 1.82) is 0 Å². The predicted octanol–water partition coefficient (Wildman–Crippen LogP) is 10.4. The third kappa shape index (κ3) is 27.6. The third-order valence-corrected chi connectivity index (χ3v) is 27.5. The van der Waals surface area contributed by atoms with E-state index in [4.69, 9.17) is 0 Å². The van der Waals surface area contributed by atoms with E-state index >= 15 is 0 Å². The molecule has 0 rings (SSSR count). The summed E-state index contributed by atoms with van der Waals surface area (Å²) in [6, 6.07) is 0. The van der Waals surface area contributed by atoms with Gasteiger partial charge in [0.05, 0.1) is 0 Å². The Morgan fingerprint density at radius 3 is 0.690 bits per heavy atom. The van der Waals surface area contributed by atoms with Gasteiger partial charge in [-0.15, -0.1) is 0 Å². The summed E-state index contributed by atoms with van der Waals surface area (Å²) in [4.78, 5) is 0. The van der Waals surface area contributed by atoms with Gasteiger partial charge < -0.3 is 0 Å². The van der Waals surface area contributed by atoms with Crippen molar-refractivity contribution < 1.29 is 0 Å². The van der Waals surface area contributed by atoms with Crippen molar-refractivity contribution in [3.63, 3.8) is 0 Å². The van der Waals surface area contributed by atoms with Gasteiger partial charge in [-0.3, -0.25) is 0 Å². The normalized spacial score (nSPS) is 11.2. The molecule has 29 heavy (non-hydrogen) atoms. The SMILES string of the molecule is CCCC[CH2][SnH]([CH2]CCCC)[CH2]CCCC.CCC[CH2][SnH]([CH2]CCC)[CH2]CCC. The Morgan fingerprint density at radius 1 is 0.276 bits per heavy atom. The van der Waals surface area contributed by atoms with E-state index in [-0.39, 0.29) is 0 Å². The first-order valence-corrected chi connectivity index (χ1v) is 28.2. The molecule has 0 saturated carbocycles. The molecular formula is C27H62Sn2. The van der Waals surface area contributed by atoms with E-state index in [0.717, 1.165) is 0 Å². The maximum atomic E-state index is 2.34. The molecule has 0 heterocycles. The Labute approximate surface area is 202 Å². The Hall–Kier alpha value is 1.60. The number of hydrogen-bond donors (Lipinski definition) is 0. The standard InChI is InChI=1S/3C5H11.3C4H9.2Sn.2H/c3*1-3-5-4-2;3*1-3-4-2;;;;/h3*1,3-5H2,2H3;3*1,3-4H2,2H3;;;;. The van der Waals surface area contributed by atoms with Crippen molar-refractivity contribution in [2.24, 2.45) is 0 Å². The molecule has 0 unspecified atom stereocenters. The van der Waals surface area contributed by atoms with Crippen LogP contribution < -0.4 is 0 Å². The number of hydrogen-bond acceptors (Lipinski definition) is 0. The first-order valence-electron chi connectivity index (χ1n) is 14.2. The zero-order valence-corrected chi connectivity index (χ0v) is 28.6. The summed E-state index contributed by atoms with van der Waals surface area (Å²) in [6.45, 7) is 14.0. The zero-order chi connectivity index (χ0) is 22.0. The summed E-state index contributed by atoms with van der Waals surface area (Å²) in [5.41, 5.74) is 0. The van der Waals surface area contributed by atoms with Crippen LogP contribution in [-0.4, -0.2) is 39.5 Å². The molecule has 0 fully saturated rings. The fraction of sp³-hybridized carbons (Fsp3) is 1.00. The minimum absolute atomic E-state index is 0.967. The molecule has 0 aromatic heterocycles. The van der Waals surface area contributed by atoms with E-state index in [9.17, 15) is 0 Å². The summed E-state index contributed by atoms with van der Waals surface area (Å²) in [6.07, 6.45) is 22.3. The van der Waals surface area contributed by atoms with Crippen LogP contribution in [-0.2, 0) is 0 Å². The van der Waals surface area contributed by atoms with Gasteiger partial charge in [0.25, 0.3) is 0 Å². The summed E-state index contributed by atoms with van der Waals surface area (Å²) in [7, 11) is 0. The topological polar surface area (TPSA) is 0 Å². The molecule has 0 aliphatic heterocycles. The van der Waals surface area contributed by atoms with E-state index < -0.39 is 39.5 Å². The molecule has 0 amide bonds. The summed E-state index contributed by atoms with van der Waals surface area (Å²) >= 11 is -2.00. The molecule has 0 bridgehead atoms. The van der Waals surface area contributed by atoms with Crippen LogP contribution in [0.1, 0.15) is 138 Å². The summed E-state index contributed by atoms with van der Waals surface area (Å²) in [5.74, 6) is 0. The fourth-order valence-electron chi connectivity index (χ4n) is 4.39. The van der Waals surface area contributed by atoms with E-state index in [1.54, 1.807) is 45.9 Å². The van der Waals surface area contributed by atoms with Crippen LogP contribution in [0.3, 0.4) is 0 Å². The van der Waals surface area contributed by atoms with E-state index in [2.05, 4.69) is 41.5 Å². The van der Waals surface area contributed by atoms with Crippen molar-refractivity contribution >= 4 is 39.5 Å². The molecule has 0 aliphatic carbocycles. The van der Waals surface area contributed by atoms with Crippen LogP contribution in [0.2, 0.25) is 26.6 Å². The second-order valence-electron chi connectivity index (χ2n) is 9.65. The first-order chi connectivity index (χ1) is 14.2. The third-order valence-electron chi connectivity index (χ3n) is 6.55. The van der Waals surface area contributed by atoms with Crippen molar-refractivity contribution in [1.82, 2.24) is 0 Å².